The normalized spacial score (nSPS) is 30.9. The lowest BCUT2D eigenvalue weighted by Gasteiger charge is -2.32. The lowest BCUT2D eigenvalue weighted by molar-refractivity contribution is -0.0535. The zero-order valence-electron chi connectivity index (χ0n) is 13.1. The summed E-state index contributed by atoms with van der Waals surface area (Å²) in [6.07, 6.45) is 0.961. The van der Waals surface area contributed by atoms with E-state index in [1.54, 1.807) is 19.0 Å². The van der Waals surface area contributed by atoms with E-state index in [2.05, 4.69) is 19.0 Å². The van der Waals surface area contributed by atoms with Crippen LogP contribution in [0.5, 0.6) is 0 Å². The molecule has 2 atom stereocenters. The SMILES string of the molecule is CN(C)C[C@H]1CO[C@]2(COCCN(C(=O)N(C)C)C2)C1. The Morgan fingerprint density at radius 1 is 1.35 bits per heavy atom. The molecule has 6 heteroatoms. The van der Waals surface area contributed by atoms with Gasteiger partial charge in [0.2, 0.25) is 0 Å². The van der Waals surface area contributed by atoms with Crippen LogP contribution in [0.4, 0.5) is 4.79 Å². The number of carbonyl (C=O) groups excluding carboxylic acids is 1. The first-order valence-corrected chi connectivity index (χ1v) is 7.24. The molecule has 6 nitrogen and oxygen atoms in total. The van der Waals surface area contributed by atoms with Crippen LogP contribution in [-0.4, -0.2) is 94.0 Å². The van der Waals surface area contributed by atoms with Gasteiger partial charge in [0.05, 0.1) is 26.4 Å². The fourth-order valence-electron chi connectivity index (χ4n) is 3.13. The van der Waals surface area contributed by atoms with Crippen molar-refractivity contribution in [3.63, 3.8) is 0 Å². The Morgan fingerprint density at radius 3 is 2.75 bits per heavy atom. The molecule has 20 heavy (non-hydrogen) atoms. The third kappa shape index (κ3) is 3.62. The summed E-state index contributed by atoms with van der Waals surface area (Å²) >= 11 is 0. The number of amides is 2. The van der Waals surface area contributed by atoms with Crippen LogP contribution in [0.15, 0.2) is 0 Å². The molecule has 0 N–H and O–H groups in total. The molecule has 0 aromatic rings. The maximum Gasteiger partial charge on any atom is 0.319 e. The van der Waals surface area contributed by atoms with Gasteiger partial charge in [-0.25, -0.2) is 4.79 Å². The third-order valence-electron chi connectivity index (χ3n) is 3.91. The van der Waals surface area contributed by atoms with E-state index in [1.807, 2.05) is 4.90 Å². The first-order valence-electron chi connectivity index (χ1n) is 7.24. The quantitative estimate of drug-likeness (QED) is 0.734. The fraction of sp³-hybridized carbons (Fsp3) is 0.929. The average Bonchev–Trinajstić information content (AvgIpc) is 2.62. The number of hydrogen-bond donors (Lipinski definition) is 0. The van der Waals surface area contributed by atoms with Crippen LogP contribution in [0.25, 0.3) is 0 Å². The molecule has 2 saturated heterocycles. The maximum absolute atomic E-state index is 12.2. The van der Waals surface area contributed by atoms with Crippen molar-refractivity contribution in [1.82, 2.24) is 14.7 Å². The van der Waals surface area contributed by atoms with E-state index in [-0.39, 0.29) is 11.6 Å². The lowest BCUT2D eigenvalue weighted by atomic mass is 9.94. The molecule has 2 aliphatic rings. The molecule has 0 bridgehead atoms. The van der Waals surface area contributed by atoms with E-state index in [4.69, 9.17) is 9.47 Å². The Labute approximate surface area is 121 Å². The van der Waals surface area contributed by atoms with Crippen LogP contribution in [0.3, 0.4) is 0 Å². The summed E-state index contributed by atoms with van der Waals surface area (Å²) in [5.74, 6) is 0.517. The number of ether oxygens (including phenoxy) is 2. The summed E-state index contributed by atoms with van der Waals surface area (Å²) in [5.41, 5.74) is -0.317. The van der Waals surface area contributed by atoms with Crippen molar-refractivity contribution in [2.24, 2.45) is 5.92 Å². The van der Waals surface area contributed by atoms with Gasteiger partial charge in [0.1, 0.15) is 5.60 Å². The Morgan fingerprint density at radius 2 is 2.10 bits per heavy atom. The zero-order valence-corrected chi connectivity index (χ0v) is 13.1. The maximum atomic E-state index is 12.2. The van der Waals surface area contributed by atoms with Crippen LogP contribution >= 0.6 is 0 Å². The molecule has 116 valence electrons. The molecule has 0 aromatic carbocycles. The molecule has 2 aliphatic heterocycles. The minimum absolute atomic E-state index is 0.0366. The van der Waals surface area contributed by atoms with Crippen molar-refractivity contribution in [3.8, 4) is 0 Å². The second-order valence-electron chi connectivity index (χ2n) is 6.48. The van der Waals surface area contributed by atoms with E-state index >= 15 is 0 Å². The van der Waals surface area contributed by atoms with Crippen LogP contribution in [0.1, 0.15) is 6.42 Å². The van der Waals surface area contributed by atoms with Crippen molar-refractivity contribution in [1.29, 1.82) is 0 Å². The van der Waals surface area contributed by atoms with Gasteiger partial charge in [0.25, 0.3) is 0 Å². The number of hydrogen-bond acceptors (Lipinski definition) is 4. The highest BCUT2D eigenvalue weighted by Gasteiger charge is 2.44. The zero-order chi connectivity index (χ0) is 14.8. The van der Waals surface area contributed by atoms with Crippen molar-refractivity contribution in [2.45, 2.75) is 12.0 Å². The molecule has 0 saturated carbocycles. The van der Waals surface area contributed by atoms with E-state index < -0.39 is 0 Å². The molecule has 2 rings (SSSR count). The molecular formula is C14H27N3O3. The average molecular weight is 285 g/mol. The molecule has 2 amide bonds. The largest absolute Gasteiger partial charge is 0.377 e. The molecule has 0 aliphatic carbocycles. The highest BCUT2D eigenvalue weighted by atomic mass is 16.5. The topological polar surface area (TPSA) is 45.3 Å². The number of urea groups is 1. The Hall–Kier alpha value is -0.850. The Kier molecular flexibility index (Phi) is 4.88. The molecular weight excluding hydrogens is 258 g/mol. The van der Waals surface area contributed by atoms with Gasteiger partial charge >= 0.3 is 6.03 Å². The summed E-state index contributed by atoms with van der Waals surface area (Å²) in [7, 11) is 7.73. The van der Waals surface area contributed by atoms with Crippen LogP contribution in [-0.2, 0) is 9.47 Å². The number of nitrogens with zero attached hydrogens (tertiary/aromatic N) is 3. The van der Waals surface area contributed by atoms with Gasteiger partial charge in [-0.3, -0.25) is 0 Å². The molecule has 1 spiro atoms. The first-order chi connectivity index (χ1) is 9.42. The second kappa shape index (κ2) is 6.28. The number of rotatable bonds is 2. The standard InChI is InChI=1S/C14H27N3O3/c1-15(2)8-12-7-14(20-9-12)10-17(5-6-19-11-14)13(18)16(3)4/h12H,5-11H2,1-4H3/t12-,14+/m0/s1. The summed E-state index contributed by atoms with van der Waals surface area (Å²) in [5, 5.41) is 0. The van der Waals surface area contributed by atoms with Crippen molar-refractivity contribution >= 4 is 6.03 Å². The smallest absolute Gasteiger partial charge is 0.319 e. The summed E-state index contributed by atoms with van der Waals surface area (Å²) < 4.78 is 11.8. The molecule has 0 radical (unpaired) electrons. The van der Waals surface area contributed by atoms with Gasteiger partial charge in [0.15, 0.2) is 0 Å². The van der Waals surface area contributed by atoms with E-state index in [9.17, 15) is 4.79 Å². The Balaban J connectivity index is 2.02. The molecule has 2 heterocycles. The minimum atomic E-state index is -0.317. The first kappa shape index (κ1) is 15.5. The van der Waals surface area contributed by atoms with Crippen LogP contribution in [0.2, 0.25) is 0 Å². The number of carbonyl (C=O) groups is 1. The van der Waals surface area contributed by atoms with Crippen LogP contribution < -0.4 is 0 Å². The second-order valence-corrected chi connectivity index (χ2v) is 6.48. The van der Waals surface area contributed by atoms with Gasteiger partial charge in [-0.05, 0) is 26.4 Å². The van der Waals surface area contributed by atoms with E-state index in [0.29, 0.717) is 32.2 Å². The van der Waals surface area contributed by atoms with E-state index in [0.717, 1.165) is 19.6 Å². The summed E-state index contributed by atoms with van der Waals surface area (Å²) in [6.45, 7) is 4.22. The summed E-state index contributed by atoms with van der Waals surface area (Å²) in [6, 6.07) is 0.0366. The van der Waals surface area contributed by atoms with Gasteiger partial charge in [-0.2, -0.15) is 0 Å². The molecule has 0 aromatic heterocycles. The highest BCUT2D eigenvalue weighted by Crippen LogP contribution is 2.33. The van der Waals surface area contributed by atoms with Gasteiger partial charge in [0, 0.05) is 27.2 Å². The predicted octanol–water partition coefficient (Wildman–Crippen LogP) is 0.337. The van der Waals surface area contributed by atoms with E-state index in [1.165, 1.54) is 0 Å². The monoisotopic (exact) mass is 285 g/mol. The molecule has 0 unspecified atom stereocenters. The predicted molar refractivity (Wildman–Crippen MR) is 76.8 cm³/mol. The third-order valence-corrected chi connectivity index (χ3v) is 3.91. The Bertz CT molecular complexity index is 349. The fourth-order valence-corrected chi connectivity index (χ4v) is 3.13. The van der Waals surface area contributed by atoms with Gasteiger partial charge < -0.3 is 24.2 Å². The molecule has 2 fully saturated rings. The van der Waals surface area contributed by atoms with Crippen molar-refractivity contribution < 1.29 is 14.3 Å². The van der Waals surface area contributed by atoms with Gasteiger partial charge in [-0.1, -0.05) is 0 Å². The minimum Gasteiger partial charge on any atom is -0.377 e. The summed E-state index contributed by atoms with van der Waals surface area (Å²) in [4.78, 5) is 17.8. The lowest BCUT2D eigenvalue weighted by Crippen LogP contribution is -2.49. The highest BCUT2D eigenvalue weighted by molar-refractivity contribution is 5.74. The van der Waals surface area contributed by atoms with Gasteiger partial charge in [-0.15, -0.1) is 0 Å². The van der Waals surface area contributed by atoms with Crippen LogP contribution in [0, 0.1) is 5.92 Å². The van der Waals surface area contributed by atoms with Crippen molar-refractivity contribution in [2.75, 3.05) is 67.6 Å². The van der Waals surface area contributed by atoms with Crippen molar-refractivity contribution in [3.05, 3.63) is 0 Å².